The van der Waals surface area contributed by atoms with Crippen molar-refractivity contribution >= 4 is 17.2 Å². The van der Waals surface area contributed by atoms with Crippen molar-refractivity contribution in [3.8, 4) is 11.3 Å². The Labute approximate surface area is 135 Å². The molecule has 2 N–H and O–H groups in total. The van der Waals surface area contributed by atoms with Crippen LogP contribution < -0.4 is 5.32 Å². The Kier molecular flexibility index (Phi) is 4.62. The van der Waals surface area contributed by atoms with Crippen LogP contribution in [0.4, 0.5) is 0 Å². The van der Waals surface area contributed by atoms with E-state index in [1.165, 1.54) is 11.3 Å². The summed E-state index contributed by atoms with van der Waals surface area (Å²) in [5.41, 5.74) is 4.61. The van der Waals surface area contributed by atoms with Gasteiger partial charge < -0.3 is 5.32 Å². The molecule has 0 saturated carbocycles. The smallest absolute Gasteiger partial charge is 0.223 e. The average Bonchev–Trinajstić information content (AvgIpc) is 3.20. The summed E-state index contributed by atoms with van der Waals surface area (Å²) in [4.78, 5) is 12.5. The molecule has 1 amide bonds. The SMILES string of the molecule is CCC(CC)NC(=O)C1CCc2[nH]nc(-c3ccsc3)c2C1. The van der Waals surface area contributed by atoms with E-state index in [1.54, 1.807) is 11.3 Å². The number of aryl methyl sites for hydroxylation is 1. The van der Waals surface area contributed by atoms with E-state index in [0.717, 1.165) is 43.4 Å². The number of thiophene rings is 1. The topological polar surface area (TPSA) is 57.8 Å². The van der Waals surface area contributed by atoms with Crippen molar-refractivity contribution in [3.63, 3.8) is 0 Å². The number of hydrogen-bond acceptors (Lipinski definition) is 3. The second kappa shape index (κ2) is 6.65. The zero-order chi connectivity index (χ0) is 15.5. The van der Waals surface area contributed by atoms with Crippen molar-refractivity contribution in [2.75, 3.05) is 0 Å². The van der Waals surface area contributed by atoms with Gasteiger partial charge in [0.15, 0.2) is 0 Å². The van der Waals surface area contributed by atoms with Crippen LogP contribution in [0.25, 0.3) is 11.3 Å². The van der Waals surface area contributed by atoms with Crippen LogP contribution in [0.15, 0.2) is 16.8 Å². The monoisotopic (exact) mass is 317 g/mol. The van der Waals surface area contributed by atoms with Gasteiger partial charge in [-0.25, -0.2) is 0 Å². The molecular weight excluding hydrogens is 294 g/mol. The van der Waals surface area contributed by atoms with Crippen LogP contribution in [0.3, 0.4) is 0 Å². The van der Waals surface area contributed by atoms with E-state index in [4.69, 9.17) is 0 Å². The fourth-order valence-corrected chi connectivity index (χ4v) is 3.81. The Hall–Kier alpha value is -1.62. The molecule has 5 heteroatoms. The van der Waals surface area contributed by atoms with E-state index >= 15 is 0 Å². The first-order valence-corrected chi connectivity index (χ1v) is 9.06. The van der Waals surface area contributed by atoms with E-state index in [1.807, 2.05) is 0 Å². The third-order valence-electron chi connectivity index (χ3n) is 4.64. The van der Waals surface area contributed by atoms with Crippen LogP contribution >= 0.6 is 11.3 Å². The van der Waals surface area contributed by atoms with Gasteiger partial charge in [-0.3, -0.25) is 9.89 Å². The van der Waals surface area contributed by atoms with Crippen LogP contribution in [0.2, 0.25) is 0 Å². The first kappa shape index (κ1) is 15.3. The number of carbonyl (C=O) groups is 1. The summed E-state index contributed by atoms with van der Waals surface area (Å²) in [5.74, 6) is 0.278. The molecule has 118 valence electrons. The van der Waals surface area contributed by atoms with Gasteiger partial charge in [0.1, 0.15) is 0 Å². The number of amides is 1. The summed E-state index contributed by atoms with van der Waals surface area (Å²) >= 11 is 1.68. The average molecular weight is 317 g/mol. The lowest BCUT2D eigenvalue weighted by atomic mass is 9.85. The van der Waals surface area contributed by atoms with Gasteiger partial charge in [0.2, 0.25) is 5.91 Å². The molecule has 22 heavy (non-hydrogen) atoms. The maximum absolute atomic E-state index is 12.5. The van der Waals surface area contributed by atoms with Crippen molar-refractivity contribution < 1.29 is 4.79 Å². The molecule has 1 aliphatic rings. The highest BCUT2D eigenvalue weighted by Crippen LogP contribution is 2.33. The molecule has 0 radical (unpaired) electrons. The number of carbonyl (C=O) groups excluding carboxylic acids is 1. The van der Waals surface area contributed by atoms with Crippen LogP contribution in [0.5, 0.6) is 0 Å². The van der Waals surface area contributed by atoms with Gasteiger partial charge in [0.25, 0.3) is 0 Å². The van der Waals surface area contributed by atoms with Gasteiger partial charge in [-0.15, -0.1) is 0 Å². The standard InChI is InChI=1S/C17H23N3OS/c1-3-13(4-2)18-17(21)11-5-6-15-14(9-11)16(20-19-15)12-7-8-22-10-12/h7-8,10-11,13H,3-6,9H2,1-2H3,(H,18,21)(H,19,20). The fraction of sp³-hybridized carbons (Fsp3) is 0.529. The van der Waals surface area contributed by atoms with E-state index in [9.17, 15) is 4.79 Å². The molecule has 0 aliphatic heterocycles. The Morgan fingerprint density at radius 1 is 1.50 bits per heavy atom. The molecule has 1 unspecified atom stereocenters. The molecule has 3 rings (SSSR count). The Morgan fingerprint density at radius 2 is 2.32 bits per heavy atom. The zero-order valence-electron chi connectivity index (χ0n) is 13.2. The van der Waals surface area contributed by atoms with Gasteiger partial charge in [0.05, 0.1) is 5.69 Å². The fourth-order valence-electron chi connectivity index (χ4n) is 3.17. The van der Waals surface area contributed by atoms with Gasteiger partial charge in [-0.05, 0) is 43.6 Å². The van der Waals surface area contributed by atoms with Crippen LogP contribution in [0.1, 0.15) is 44.4 Å². The molecule has 0 spiro atoms. The largest absolute Gasteiger partial charge is 0.353 e. The number of H-pyrrole nitrogens is 1. The molecule has 0 fully saturated rings. The summed E-state index contributed by atoms with van der Waals surface area (Å²) in [6, 6.07) is 2.39. The highest BCUT2D eigenvalue weighted by atomic mass is 32.1. The van der Waals surface area contributed by atoms with E-state index in [2.05, 4.69) is 46.2 Å². The minimum absolute atomic E-state index is 0.0723. The maximum Gasteiger partial charge on any atom is 0.223 e. The predicted octanol–water partition coefficient (Wildman–Crippen LogP) is 3.55. The van der Waals surface area contributed by atoms with Crippen molar-refractivity contribution in [3.05, 3.63) is 28.1 Å². The van der Waals surface area contributed by atoms with E-state index < -0.39 is 0 Å². The first-order valence-electron chi connectivity index (χ1n) is 8.12. The number of hydrogen-bond donors (Lipinski definition) is 2. The minimum atomic E-state index is 0.0723. The lowest BCUT2D eigenvalue weighted by Gasteiger charge is -2.24. The summed E-state index contributed by atoms with van der Waals surface area (Å²) < 4.78 is 0. The molecular formula is C17H23N3OS. The minimum Gasteiger partial charge on any atom is -0.353 e. The summed E-state index contributed by atoms with van der Waals surface area (Å²) in [7, 11) is 0. The normalized spacial score (nSPS) is 17.5. The lowest BCUT2D eigenvalue weighted by molar-refractivity contribution is -0.126. The molecule has 1 aliphatic carbocycles. The number of nitrogens with zero attached hydrogens (tertiary/aromatic N) is 1. The second-order valence-electron chi connectivity index (χ2n) is 6.00. The predicted molar refractivity (Wildman–Crippen MR) is 89.9 cm³/mol. The van der Waals surface area contributed by atoms with Gasteiger partial charge in [0, 0.05) is 34.2 Å². The summed E-state index contributed by atoms with van der Waals surface area (Å²) in [6.07, 6.45) is 4.60. The lowest BCUT2D eigenvalue weighted by Crippen LogP contribution is -2.40. The Balaban J connectivity index is 1.76. The van der Waals surface area contributed by atoms with E-state index in [0.29, 0.717) is 6.04 Å². The summed E-state index contributed by atoms with van der Waals surface area (Å²) in [5, 5.41) is 15.0. The van der Waals surface area contributed by atoms with Crippen molar-refractivity contribution in [2.45, 2.75) is 52.0 Å². The van der Waals surface area contributed by atoms with Crippen molar-refractivity contribution in [1.82, 2.24) is 15.5 Å². The molecule has 0 bridgehead atoms. The molecule has 1 atom stereocenters. The number of fused-ring (bicyclic) bond motifs is 1. The highest BCUT2D eigenvalue weighted by molar-refractivity contribution is 7.08. The Morgan fingerprint density at radius 3 is 3.00 bits per heavy atom. The van der Waals surface area contributed by atoms with Crippen molar-refractivity contribution in [2.24, 2.45) is 5.92 Å². The molecule has 2 aromatic heterocycles. The van der Waals surface area contributed by atoms with Crippen LogP contribution in [-0.2, 0) is 17.6 Å². The highest BCUT2D eigenvalue weighted by Gasteiger charge is 2.29. The van der Waals surface area contributed by atoms with E-state index in [-0.39, 0.29) is 11.8 Å². The number of aromatic amines is 1. The molecule has 2 aromatic rings. The number of aromatic nitrogens is 2. The van der Waals surface area contributed by atoms with Crippen molar-refractivity contribution in [1.29, 1.82) is 0 Å². The van der Waals surface area contributed by atoms with Crippen LogP contribution in [-0.4, -0.2) is 22.1 Å². The van der Waals surface area contributed by atoms with Gasteiger partial charge >= 0.3 is 0 Å². The third-order valence-corrected chi connectivity index (χ3v) is 5.33. The molecule has 0 saturated heterocycles. The quantitative estimate of drug-likeness (QED) is 0.886. The number of rotatable bonds is 5. The third kappa shape index (κ3) is 2.95. The summed E-state index contributed by atoms with van der Waals surface area (Å²) in [6.45, 7) is 4.25. The maximum atomic E-state index is 12.5. The molecule has 2 heterocycles. The van der Waals surface area contributed by atoms with Crippen LogP contribution in [0, 0.1) is 5.92 Å². The molecule has 0 aromatic carbocycles. The Bertz CT molecular complexity index is 628. The van der Waals surface area contributed by atoms with Gasteiger partial charge in [-0.2, -0.15) is 16.4 Å². The molecule has 4 nitrogen and oxygen atoms in total. The first-order chi connectivity index (χ1) is 10.7. The second-order valence-corrected chi connectivity index (χ2v) is 6.78. The number of nitrogens with one attached hydrogen (secondary N) is 2. The van der Waals surface area contributed by atoms with Gasteiger partial charge in [-0.1, -0.05) is 13.8 Å². The zero-order valence-corrected chi connectivity index (χ0v) is 14.0.